The predicted molar refractivity (Wildman–Crippen MR) is 81.4 cm³/mol. The number of hydrogen-bond acceptors (Lipinski definition) is 3. The molecular weight excluding hydrogens is 297 g/mol. The third kappa shape index (κ3) is 2.58. The van der Waals surface area contributed by atoms with Crippen molar-refractivity contribution in [2.45, 2.75) is 37.8 Å². The molecule has 23 heavy (non-hydrogen) atoms. The highest BCUT2D eigenvalue weighted by molar-refractivity contribution is 5.70. The Labute approximate surface area is 133 Å². The Hall–Kier alpha value is -2.37. The summed E-state index contributed by atoms with van der Waals surface area (Å²) < 4.78 is 18.8. The highest BCUT2D eigenvalue weighted by Crippen LogP contribution is 2.34. The summed E-state index contributed by atoms with van der Waals surface area (Å²) in [4.78, 5) is 21.8. The maximum absolute atomic E-state index is 13.2. The van der Waals surface area contributed by atoms with Crippen molar-refractivity contribution in [2.75, 3.05) is 6.54 Å². The molecule has 0 saturated heterocycles. The molecule has 1 aromatic carbocycles. The number of aromatic amines is 1. The summed E-state index contributed by atoms with van der Waals surface area (Å²) in [5.74, 6) is -0.296. The molecule has 1 aromatic heterocycles. The molecule has 1 aliphatic heterocycles. The van der Waals surface area contributed by atoms with Gasteiger partial charge in [0.1, 0.15) is 18.0 Å². The van der Waals surface area contributed by atoms with Gasteiger partial charge in [-0.1, -0.05) is 12.1 Å². The predicted octanol–water partition coefficient (Wildman–Crippen LogP) is 3.19. The van der Waals surface area contributed by atoms with Crippen LogP contribution in [0.4, 0.5) is 9.18 Å². The molecule has 4 rings (SSSR count). The molecule has 6 heteroatoms. The maximum atomic E-state index is 13.2. The molecule has 1 saturated carbocycles. The second-order valence-electron chi connectivity index (χ2n) is 6.10. The Morgan fingerprint density at radius 2 is 2.09 bits per heavy atom. The van der Waals surface area contributed by atoms with Crippen molar-refractivity contribution in [1.29, 1.82) is 0 Å². The van der Waals surface area contributed by atoms with Crippen molar-refractivity contribution in [3.05, 3.63) is 53.4 Å². The Kier molecular flexibility index (Phi) is 3.52. The van der Waals surface area contributed by atoms with Gasteiger partial charge in [0.2, 0.25) is 0 Å². The summed E-state index contributed by atoms with van der Waals surface area (Å²) >= 11 is 0. The van der Waals surface area contributed by atoms with Crippen molar-refractivity contribution in [3.8, 4) is 0 Å². The number of imidazole rings is 1. The van der Waals surface area contributed by atoms with E-state index in [2.05, 4.69) is 9.97 Å². The van der Waals surface area contributed by atoms with Gasteiger partial charge in [0.15, 0.2) is 0 Å². The lowest BCUT2D eigenvalue weighted by atomic mass is 9.95. The number of fused-ring (bicyclic) bond motifs is 1. The molecule has 1 N–H and O–H groups in total. The zero-order valence-electron chi connectivity index (χ0n) is 12.7. The van der Waals surface area contributed by atoms with Crippen LogP contribution in [0.5, 0.6) is 0 Å². The number of halogens is 1. The Morgan fingerprint density at radius 1 is 1.30 bits per heavy atom. The topological polar surface area (TPSA) is 58.2 Å². The molecule has 1 amide bonds. The Morgan fingerprint density at radius 3 is 2.78 bits per heavy atom. The van der Waals surface area contributed by atoms with Gasteiger partial charge >= 0.3 is 6.09 Å². The third-order valence-corrected chi connectivity index (χ3v) is 4.66. The average molecular weight is 315 g/mol. The molecule has 0 radical (unpaired) electrons. The number of carbonyl (C=O) groups excluding carboxylic acids is 1. The molecule has 0 bridgehead atoms. The van der Waals surface area contributed by atoms with Crippen molar-refractivity contribution >= 4 is 6.09 Å². The van der Waals surface area contributed by atoms with E-state index >= 15 is 0 Å². The van der Waals surface area contributed by atoms with Crippen LogP contribution in [0.3, 0.4) is 0 Å². The fourth-order valence-corrected chi connectivity index (χ4v) is 3.15. The molecule has 1 fully saturated rings. The molecule has 2 aliphatic rings. The highest BCUT2D eigenvalue weighted by atomic mass is 19.1. The van der Waals surface area contributed by atoms with Gasteiger partial charge in [-0.25, -0.2) is 14.2 Å². The summed E-state index contributed by atoms with van der Waals surface area (Å²) in [6.45, 7) is 0.558. The quantitative estimate of drug-likeness (QED) is 0.926. The fourth-order valence-electron chi connectivity index (χ4n) is 3.15. The summed E-state index contributed by atoms with van der Waals surface area (Å²) in [6, 6.07) is 5.89. The van der Waals surface area contributed by atoms with Crippen molar-refractivity contribution in [1.82, 2.24) is 14.9 Å². The Bertz CT molecular complexity index is 709. The number of rotatable bonds is 2. The van der Waals surface area contributed by atoms with Crippen LogP contribution in [0.15, 0.2) is 30.6 Å². The van der Waals surface area contributed by atoms with Gasteiger partial charge in [-0.05, 0) is 37.0 Å². The minimum atomic E-state index is -0.335. The standard InChI is InChI=1S/C17H18FN3O2/c18-12-6-4-11(5-7-12)16-15-14(19-10-20-15)8-9-21(16)17(22)23-13-2-1-3-13/h4-7,10,13,16H,1-3,8-9H2,(H,19,20). The first kappa shape index (κ1) is 14.2. The van der Waals surface area contributed by atoms with Gasteiger partial charge in [0.05, 0.1) is 12.0 Å². The number of carbonyl (C=O) groups is 1. The van der Waals surface area contributed by atoms with Crippen molar-refractivity contribution < 1.29 is 13.9 Å². The van der Waals surface area contributed by atoms with E-state index in [-0.39, 0.29) is 24.1 Å². The number of aromatic nitrogens is 2. The normalized spacial score (nSPS) is 20.7. The fraction of sp³-hybridized carbons (Fsp3) is 0.412. The number of nitrogens with one attached hydrogen (secondary N) is 1. The van der Waals surface area contributed by atoms with Gasteiger partial charge in [-0.3, -0.25) is 4.90 Å². The van der Waals surface area contributed by atoms with E-state index < -0.39 is 0 Å². The zero-order valence-corrected chi connectivity index (χ0v) is 12.7. The van der Waals surface area contributed by atoms with Crippen LogP contribution in [0, 0.1) is 5.82 Å². The number of amides is 1. The van der Waals surface area contributed by atoms with E-state index in [9.17, 15) is 9.18 Å². The second kappa shape index (κ2) is 5.68. The summed E-state index contributed by atoms with van der Waals surface area (Å²) in [6.07, 6.45) is 5.08. The summed E-state index contributed by atoms with van der Waals surface area (Å²) in [7, 11) is 0. The first-order valence-corrected chi connectivity index (χ1v) is 7.97. The van der Waals surface area contributed by atoms with E-state index in [1.807, 2.05) is 0 Å². The summed E-state index contributed by atoms with van der Waals surface area (Å²) in [5.41, 5.74) is 2.67. The molecule has 5 nitrogen and oxygen atoms in total. The van der Waals surface area contributed by atoms with Crippen molar-refractivity contribution in [3.63, 3.8) is 0 Å². The van der Waals surface area contributed by atoms with Crippen LogP contribution in [0.2, 0.25) is 0 Å². The molecule has 0 spiro atoms. The third-order valence-electron chi connectivity index (χ3n) is 4.66. The highest BCUT2D eigenvalue weighted by Gasteiger charge is 2.36. The van der Waals surface area contributed by atoms with Crippen LogP contribution in [-0.2, 0) is 11.2 Å². The van der Waals surface area contributed by atoms with E-state index in [0.29, 0.717) is 13.0 Å². The van der Waals surface area contributed by atoms with Crippen LogP contribution >= 0.6 is 0 Å². The lowest BCUT2D eigenvalue weighted by molar-refractivity contribution is 0.0196. The average Bonchev–Trinajstić information content (AvgIpc) is 2.99. The SMILES string of the molecule is O=C(OC1CCC1)N1CCc2[nH]cnc2C1c1ccc(F)cc1. The van der Waals surface area contributed by atoms with Gasteiger partial charge in [0.25, 0.3) is 0 Å². The Balaban J connectivity index is 1.66. The van der Waals surface area contributed by atoms with Gasteiger partial charge in [-0.2, -0.15) is 0 Å². The molecular formula is C17H18FN3O2. The maximum Gasteiger partial charge on any atom is 0.410 e. The monoisotopic (exact) mass is 315 g/mol. The lowest BCUT2D eigenvalue weighted by Crippen LogP contribution is -2.43. The molecule has 2 aromatic rings. The molecule has 1 unspecified atom stereocenters. The molecule has 2 heterocycles. The number of H-pyrrole nitrogens is 1. The summed E-state index contributed by atoms with van der Waals surface area (Å²) in [5, 5.41) is 0. The van der Waals surface area contributed by atoms with Crippen LogP contribution in [0.1, 0.15) is 42.3 Å². The first-order valence-electron chi connectivity index (χ1n) is 7.97. The lowest BCUT2D eigenvalue weighted by Gasteiger charge is -2.36. The van der Waals surface area contributed by atoms with Gasteiger partial charge in [0, 0.05) is 18.7 Å². The number of ether oxygens (including phenoxy) is 1. The van der Waals surface area contributed by atoms with E-state index in [1.165, 1.54) is 12.1 Å². The molecule has 1 aliphatic carbocycles. The first-order chi connectivity index (χ1) is 11.2. The largest absolute Gasteiger partial charge is 0.446 e. The van der Waals surface area contributed by atoms with Gasteiger partial charge in [-0.15, -0.1) is 0 Å². The van der Waals surface area contributed by atoms with E-state index in [0.717, 1.165) is 36.2 Å². The number of nitrogens with zero attached hydrogens (tertiary/aromatic N) is 2. The van der Waals surface area contributed by atoms with Crippen LogP contribution < -0.4 is 0 Å². The van der Waals surface area contributed by atoms with Crippen molar-refractivity contribution in [2.24, 2.45) is 0 Å². The van der Waals surface area contributed by atoms with Gasteiger partial charge < -0.3 is 9.72 Å². The van der Waals surface area contributed by atoms with Crippen LogP contribution in [0.25, 0.3) is 0 Å². The zero-order chi connectivity index (χ0) is 15.8. The molecule has 120 valence electrons. The minimum absolute atomic E-state index is 0.0388. The number of benzene rings is 1. The minimum Gasteiger partial charge on any atom is -0.446 e. The van der Waals surface area contributed by atoms with E-state index in [1.54, 1.807) is 23.4 Å². The smallest absolute Gasteiger partial charge is 0.410 e. The molecule has 1 atom stereocenters. The van der Waals surface area contributed by atoms with Crippen LogP contribution in [-0.4, -0.2) is 33.6 Å². The number of hydrogen-bond donors (Lipinski definition) is 1. The van der Waals surface area contributed by atoms with E-state index in [4.69, 9.17) is 4.74 Å². The second-order valence-corrected chi connectivity index (χ2v) is 6.10.